The molecule has 0 N–H and O–H groups in total. The lowest BCUT2D eigenvalue weighted by Crippen LogP contribution is -2.18. The summed E-state index contributed by atoms with van der Waals surface area (Å²) in [4.78, 5) is 12.1. The summed E-state index contributed by atoms with van der Waals surface area (Å²) in [6.45, 7) is 6.43. The number of fused-ring (bicyclic) bond motifs is 2. The molecular formula is C26H30N6. The van der Waals surface area contributed by atoms with Gasteiger partial charge < -0.3 is 9.47 Å². The van der Waals surface area contributed by atoms with Crippen LogP contribution in [0.3, 0.4) is 0 Å². The van der Waals surface area contributed by atoms with E-state index >= 15 is 0 Å². The Kier molecular flexibility index (Phi) is 4.93. The molecule has 0 amide bonds. The number of unbranched alkanes of at least 4 members (excludes halogenated alkanes) is 1. The van der Waals surface area contributed by atoms with Gasteiger partial charge in [-0.15, -0.1) is 0 Å². The van der Waals surface area contributed by atoms with Crippen LogP contribution >= 0.6 is 0 Å². The molecule has 6 heteroatoms. The molecule has 0 unspecified atom stereocenters. The molecule has 1 fully saturated rings. The van der Waals surface area contributed by atoms with Crippen molar-refractivity contribution in [1.82, 2.24) is 24.3 Å². The lowest BCUT2D eigenvalue weighted by Gasteiger charge is -2.17. The van der Waals surface area contributed by atoms with Crippen LogP contribution in [-0.4, -0.2) is 37.4 Å². The zero-order valence-electron chi connectivity index (χ0n) is 18.8. The van der Waals surface area contributed by atoms with Crippen molar-refractivity contribution in [2.75, 3.05) is 18.0 Å². The number of aryl methyl sites for hydroxylation is 2. The third-order valence-corrected chi connectivity index (χ3v) is 6.91. The smallest absolute Gasteiger partial charge is 0.129 e. The number of rotatable bonds is 6. The van der Waals surface area contributed by atoms with Gasteiger partial charge in [-0.25, -0.2) is 9.97 Å². The highest BCUT2D eigenvalue weighted by molar-refractivity contribution is 5.88. The topological polar surface area (TPSA) is 51.8 Å². The van der Waals surface area contributed by atoms with E-state index in [1.54, 1.807) is 0 Å². The molecule has 1 aromatic carbocycles. The summed E-state index contributed by atoms with van der Waals surface area (Å²) in [5.74, 6) is 1.08. The van der Waals surface area contributed by atoms with Gasteiger partial charge in [0.2, 0.25) is 0 Å². The molecule has 4 aromatic rings. The molecule has 0 radical (unpaired) electrons. The standard InChI is InChI=1S/C26H30N6/c1-2-3-13-31-18-27-20-12-11-19(17-23(20)31)25-22-9-7-16-32(22)29-26(25)21-8-6-10-24(28-21)30-14-4-5-15-30/h6,8,10-12,17-18H,2-5,7,9,13-16H2,1H3. The van der Waals surface area contributed by atoms with E-state index in [9.17, 15) is 0 Å². The number of anilines is 1. The highest BCUT2D eigenvalue weighted by Gasteiger charge is 2.25. The van der Waals surface area contributed by atoms with Crippen LogP contribution in [-0.2, 0) is 19.5 Å². The van der Waals surface area contributed by atoms with Gasteiger partial charge in [-0.05, 0) is 61.9 Å². The van der Waals surface area contributed by atoms with Crippen molar-refractivity contribution in [2.45, 2.75) is 58.5 Å². The second-order valence-electron chi connectivity index (χ2n) is 9.07. The van der Waals surface area contributed by atoms with Gasteiger partial charge >= 0.3 is 0 Å². The van der Waals surface area contributed by atoms with E-state index in [1.807, 2.05) is 6.33 Å². The lowest BCUT2D eigenvalue weighted by molar-refractivity contribution is 0.646. The molecule has 3 aromatic heterocycles. The predicted octanol–water partition coefficient (Wildman–Crippen LogP) is 5.31. The van der Waals surface area contributed by atoms with Gasteiger partial charge in [0, 0.05) is 37.4 Å². The number of nitrogens with zero attached hydrogens (tertiary/aromatic N) is 6. The number of aromatic nitrogens is 5. The van der Waals surface area contributed by atoms with Gasteiger partial charge in [0.1, 0.15) is 11.5 Å². The first kappa shape index (κ1) is 19.5. The van der Waals surface area contributed by atoms with Gasteiger partial charge in [-0.2, -0.15) is 5.10 Å². The van der Waals surface area contributed by atoms with E-state index in [0.717, 1.165) is 68.2 Å². The van der Waals surface area contributed by atoms with E-state index in [4.69, 9.17) is 10.1 Å². The molecule has 164 valence electrons. The number of benzene rings is 1. The Morgan fingerprint density at radius 2 is 1.91 bits per heavy atom. The number of hydrogen-bond acceptors (Lipinski definition) is 4. The van der Waals surface area contributed by atoms with Crippen molar-refractivity contribution in [2.24, 2.45) is 0 Å². The summed E-state index contributed by atoms with van der Waals surface area (Å²) in [5, 5.41) is 5.06. The molecule has 1 saturated heterocycles. The van der Waals surface area contributed by atoms with Gasteiger partial charge in [0.25, 0.3) is 0 Å². The van der Waals surface area contributed by atoms with Crippen LogP contribution in [0.4, 0.5) is 5.82 Å². The van der Waals surface area contributed by atoms with E-state index in [-0.39, 0.29) is 0 Å². The predicted molar refractivity (Wildman–Crippen MR) is 129 cm³/mol. The van der Waals surface area contributed by atoms with Gasteiger partial charge in [-0.1, -0.05) is 25.5 Å². The third kappa shape index (κ3) is 3.29. The van der Waals surface area contributed by atoms with Crippen LogP contribution in [0.5, 0.6) is 0 Å². The second-order valence-corrected chi connectivity index (χ2v) is 9.07. The fraction of sp³-hybridized carbons (Fsp3) is 0.423. The summed E-state index contributed by atoms with van der Waals surface area (Å²) in [6, 6.07) is 13.1. The molecule has 2 aliphatic heterocycles. The van der Waals surface area contributed by atoms with E-state index < -0.39 is 0 Å². The van der Waals surface area contributed by atoms with Crippen molar-refractivity contribution in [1.29, 1.82) is 0 Å². The second kappa shape index (κ2) is 8.08. The van der Waals surface area contributed by atoms with Crippen LogP contribution in [0.25, 0.3) is 33.5 Å². The van der Waals surface area contributed by atoms with Crippen LogP contribution in [0.2, 0.25) is 0 Å². The van der Waals surface area contributed by atoms with Crippen molar-refractivity contribution < 1.29 is 0 Å². The number of hydrogen-bond donors (Lipinski definition) is 0. The Labute approximate surface area is 188 Å². The van der Waals surface area contributed by atoms with Crippen LogP contribution in [0.1, 0.15) is 44.7 Å². The number of pyridine rings is 1. The van der Waals surface area contributed by atoms with E-state index in [2.05, 4.69) is 62.5 Å². The van der Waals surface area contributed by atoms with Crippen molar-refractivity contribution in [3.63, 3.8) is 0 Å². The van der Waals surface area contributed by atoms with Crippen LogP contribution in [0, 0.1) is 0 Å². The van der Waals surface area contributed by atoms with Gasteiger partial charge in [-0.3, -0.25) is 4.68 Å². The highest BCUT2D eigenvalue weighted by Crippen LogP contribution is 2.38. The zero-order chi connectivity index (χ0) is 21.5. The Morgan fingerprint density at radius 3 is 2.78 bits per heavy atom. The zero-order valence-corrected chi connectivity index (χ0v) is 18.8. The molecule has 0 aliphatic carbocycles. The van der Waals surface area contributed by atoms with Crippen molar-refractivity contribution >= 4 is 16.9 Å². The lowest BCUT2D eigenvalue weighted by atomic mass is 9.99. The van der Waals surface area contributed by atoms with Crippen molar-refractivity contribution in [3.8, 4) is 22.5 Å². The van der Waals surface area contributed by atoms with E-state index in [0.29, 0.717) is 0 Å². The Hall–Kier alpha value is -3.15. The van der Waals surface area contributed by atoms with Crippen molar-refractivity contribution in [3.05, 3.63) is 48.4 Å². The molecule has 0 atom stereocenters. The minimum atomic E-state index is 0.978. The quantitative estimate of drug-likeness (QED) is 0.419. The summed E-state index contributed by atoms with van der Waals surface area (Å²) >= 11 is 0. The van der Waals surface area contributed by atoms with E-state index in [1.165, 1.54) is 41.6 Å². The molecule has 6 nitrogen and oxygen atoms in total. The molecule has 32 heavy (non-hydrogen) atoms. The first-order chi connectivity index (χ1) is 15.8. The maximum Gasteiger partial charge on any atom is 0.129 e. The molecule has 2 aliphatic rings. The maximum absolute atomic E-state index is 5.07. The molecular weight excluding hydrogens is 396 g/mol. The minimum Gasteiger partial charge on any atom is -0.357 e. The molecule has 0 spiro atoms. The first-order valence-corrected chi connectivity index (χ1v) is 12.1. The fourth-order valence-electron chi connectivity index (χ4n) is 5.21. The van der Waals surface area contributed by atoms with Crippen LogP contribution in [0.15, 0.2) is 42.7 Å². The average molecular weight is 427 g/mol. The molecule has 5 heterocycles. The van der Waals surface area contributed by atoms with Crippen LogP contribution < -0.4 is 4.90 Å². The summed E-state index contributed by atoms with van der Waals surface area (Å²) in [7, 11) is 0. The SMILES string of the molecule is CCCCn1cnc2ccc(-c3c(-c4cccc(N5CCCC5)n4)nn4c3CCC4)cc21. The molecule has 6 rings (SSSR count). The largest absolute Gasteiger partial charge is 0.357 e. The Morgan fingerprint density at radius 1 is 1.00 bits per heavy atom. The summed E-state index contributed by atoms with van der Waals surface area (Å²) < 4.78 is 4.49. The fourth-order valence-corrected chi connectivity index (χ4v) is 5.21. The summed E-state index contributed by atoms with van der Waals surface area (Å²) in [6.07, 6.45) is 9.06. The molecule has 0 bridgehead atoms. The third-order valence-electron chi connectivity index (χ3n) is 6.91. The first-order valence-electron chi connectivity index (χ1n) is 12.1. The van der Waals surface area contributed by atoms with Gasteiger partial charge in [0.15, 0.2) is 0 Å². The van der Waals surface area contributed by atoms with Gasteiger partial charge in [0.05, 0.1) is 23.1 Å². The summed E-state index contributed by atoms with van der Waals surface area (Å²) in [5.41, 5.74) is 8.07. The maximum atomic E-state index is 5.07. The minimum absolute atomic E-state index is 0.978. The Balaban J connectivity index is 1.47. The normalized spacial score (nSPS) is 15.7. The monoisotopic (exact) mass is 426 g/mol. The highest BCUT2D eigenvalue weighted by atomic mass is 15.3. The number of imidazole rings is 1. The average Bonchev–Trinajstić information content (AvgIpc) is 3.61. The molecule has 0 saturated carbocycles. The Bertz CT molecular complexity index is 1260.